The van der Waals surface area contributed by atoms with Gasteiger partial charge in [-0.1, -0.05) is 42.0 Å². The second kappa shape index (κ2) is 8.83. The third-order valence-electron chi connectivity index (χ3n) is 5.91. The van der Waals surface area contributed by atoms with Gasteiger partial charge in [-0.05, 0) is 55.3 Å². The highest BCUT2D eigenvalue weighted by atomic mass is 16.5. The van der Waals surface area contributed by atoms with Crippen LogP contribution < -0.4 is 4.74 Å². The van der Waals surface area contributed by atoms with E-state index in [9.17, 15) is 4.79 Å². The largest absolute Gasteiger partial charge is 0.457 e. The maximum atomic E-state index is 12.9. The van der Waals surface area contributed by atoms with Crippen molar-refractivity contribution >= 4 is 11.9 Å². The van der Waals surface area contributed by atoms with Crippen molar-refractivity contribution in [2.75, 3.05) is 0 Å². The van der Waals surface area contributed by atoms with Gasteiger partial charge in [0.2, 0.25) is 0 Å². The number of fused-ring (bicyclic) bond motifs is 1. The zero-order valence-electron chi connectivity index (χ0n) is 18.7. The van der Waals surface area contributed by atoms with Gasteiger partial charge in [-0.2, -0.15) is 0 Å². The molecule has 4 nitrogen and oxygen atoms in total. The predicted octanol–water partition coefficient (Wildman–Crippen LogP) is 6.55. The molecule has 0 aliphatic heterocycles. The molecule has 1 aliphatic carbocycles. The normalized spacial score (nSPS) is 11.9. The van der Waals surface area contributed by atoms with Gasteiger partial charge in [-0.15, -0.1) is 0 Å². The van der Waals surface area contributed by atoms with Crippen molar-refractivity contribution in [3.05, 3.63) is 113 Å². The van der Waals surface area contributed by atoms with Crippen LogP contribution in [0.1, 0.15) is 38.3 Å². The van der Waals surface area contributed by atoms with Gasteiger partial charge in [0.25, 0.3) is 0 Å². The highest BCUT2D eigenvalue weighted by Crippen LogP contribution is 2.35. The van der Waals surface area contributed by atoms with Crippen molar-refractivity contribution in [2.24, 2.45) is 0 Å². The maximum Gasteiger partial charge on any atom is 0.167 e. The minimum atomic E-state index is 0.103. The first-order valence-corrected chi connectivity index (χ1v) is 11.0. The minimum absolute atomic E-state index is 0.103. The van der Waals surface area contributed by atoms with Crippen LogP contribution in [0.2, 0.25) is 0 Å². The smallest absolute Gasteiger partial charge is 0.167 e. The molecular formula is C29H24N2O2. The average Bonchev–Trinajstić information content (AvgIpc) is 3.31. The molecule has 0 unspecified atom stereocenters. The lowest BCUT2D eigenvalue weighted by Gasteiger charge is -2.14. The molecule has 0 atom stereocenters. The fourth-order valence-corrected chi connectivity index (χ4v) is 4.08. The molecule has 0 saturated heterocycles. The lowest BCUT2D eigenvalue weighted by Crippen LogP contribution is -2.05. The van der Waals surface area contributed by atoms with E-state index in [2.05, 4.69) is 17.1 Å². The third kappa shape index (κ3) is 4.46. The summed E-state index contributed by atoms with van der Waals surface area (Å²) in [5.74, 6) is 1.58. The van der Waals surface area contributed by atoms with E-state index < -0.39 is 0 Å². The van der Waals surface area contributed by atoms with Gasteiger partial charge in [-0.3, -0.25) is 14.8 Å². The first-order valence-electron chi connectivity index (χ1n) is 11.0. The number of aromatic nitrogens is 2. The average molecular weight is 433 g/mol. The molecule has 2 aromatic heterocycles. The number of allylic oxidation sites excluding steroid dienone is 1. The van der Waals surface area contributed by atoms with Crippen LogP contribution in [0.15, 0.2) is 79.1 Å². The second-order valence-electron chi connectivity index (χ2n) is 8.37. The number of hydrogen-bond donors (Lipinski definition) is 0. The molecule has 0 spiro atoms. The lowest BCUT2D eigenvalue weighted by atomic mass is 9.98. The van der Waals surface area contributed by atoms with Gasteiger partial charge in [0.1, 0.15) is 11.5 Å². The van der Waals surface area contributed by atoms with Crippen LogP contribution in [-0.2, 0) is 12.8 Å². The first-order chi connectivity index (χ1) is 16.1. The Hall–Kier alpha value is -4.05. The van der Waals surface area contributed by atoms with Crippen LogP contribution in [-0.4, -0.2) is 15.8 Å². The van der Waals surface area contributed by atoms with Crippen LogP contribution in [0, 0.1) is 13.8 Å². The van der Waals surface area contributed by atoms with Crippen molar-refractivity contribution in [1.29, 1.82) is 0 Å². The summed E-state index contributed by atoms with van der Waals surface area (Å²) in [5.41, 5.74) is 7.72. The fourth-order valence-electron chi connectivity index (χ4n) is 4.08. The summed E-state index contributed by atoms with van der Waals surface area (Å²) >= 11 is 0. The van der Waals surface area contributed by atoms with Crippen LogP contribution in [0.3, 0.4) is 0 Å². The number of nitrogens with zero attached hydrogens (tertiary/aromatic N) is 2. The summed E-state index contributed by atoms with van der Waals surface area (Å²) in [5, 5.41) is 0. The molecule has 162 valence electrons. The Morgan fingerprint density at radius 1 is 1.00 bits per heavy atom. The summed E-state index contributed by atoms with van der Waals surface area (Å²) < 4.78 is 6.37. The maximum absolute atomic E-state index is 12.9. The van der Waals surface area contributed by atoms with E-state index in [1.165, 1.54) is 0 Å². The molecule has 0 N–H and O–H groups in total. The van der Waals surface area contributed by atoms with E-state index in [0.29, 0.717) is 12.2 Å². The molecule has 33 heavy (non-hydrogen) atoms. The molecule has 1 aliphatic rings. The number of rotatable bonds is 6. The second-order valence-corrected chi connectivity index (χ2v) is 8.37. The Kier molecular flexibility index (Phi) is 5.57. The zero-order chi connectivity index (χ0) is 22.8. The van der Waals surface area contributed by atoms with Crippen LogP contribution in [0.4, 0.5) is 0 Å². The zero-order valence-corrected chi connectivity index (χ0v) is 18.7. The Morgan fingerprint density at radius 3 is 2.67 bits per heavy atom. The number of carbonyl (C=O) groups is 1. The molecule has 0 amide bonds. The number of hydrogen-bond acceptors (Lipinski definition) is 4. The van der Waals surface area contributed by atoms with Gasteiger partial charge < -0.3 is 4.74 Å². The van der Waals surface area contributed by atoms with Crippen LogP contribution in [0.25, 0.3) is 17.3 Å². The van der Waals surface area contributed by atoms with Crippen molar-refractivity contribution in [2.45, 2.75) is 26.7 Å². The number of ether oxygens (including phenoxy) is 1. The summed E-state index contributed by atoms with van der Waals surface area (Å²) in [6, 6.07) is 19.5. The Balaban J connectivity index is 1.45. The van der Waals surface area contributed by atoms with Crippen molar-refractivity contribution in [3.8, 4) is 22.8 Å². The Bertz CT molecular complexity index is 1370. The van der Waals surface area contributed by atoms with E-state index in [1.54, 1.807) is 12.4 Å². The third-order valence-corrected chi connectivity index (χ3v) is 5.91. The number of carbonyl (C=O) groups excluding carboxylic acids is 1. The quantitative estimate of drug-likeness (QED) is 0.324. The van der Waals surface area contributed by atoms with Gasteiger partial charge >= 0.3 is 0 Å². The van der Waals surface area contributed by atoms with Crippen molar-refractivity contribution in [3.63, 3.8) is 0 Å². The topological polar surface area (TPSA) is 52.1 Å². The van der Waals surface area contributed by atoms with Crippen LogP contribution in [0.5, 0.6) is 11.5 Å². The van der Waals surface area contributed by atoms with Gasteiger partial charge in [-0.25, -0.2) is 0 Å². The summed E-state index contributed by atoms with van der Waals surface area (Å²) in [7, 11) is 0. The highest BCUT2D eigenvalue weighted by Gasteiger charge is 2.17. The molecule has 0 radical (unpaired) electrons. The van der Waals surface area contributed by atoms with Crippen molar-refractivity contribution < 1.29 is 9.53 Å². The van der Waals surface area contributed by atoms with E-state index in [4.69, 9.17) is 9.72 Å². The number of pyridine rings is 2. The Morgan fingerprint density at radius 2 is 1.85 bits per heavy atom. The molecule has 0 saturated carbocycles. The van der Waals surface area contributed by atoms with Gasteiger partial charge in [0.05, 0.1) is 11.4 Å². The monoisotopic (exact) mass is 432 g/mol. The summed E-state index contributed by atoms with van der Waals surface area (Å²) in [6.45, 7) is 4.02. The SMILES string of the molecule is Cc1cccc(C(=O)Cc2cc(Oc3cc(-c4ccncc4)nc4c3C=CC4)ccc2C)c1. The molecule has 4 heteroatoms. The fraction of sp³-hybridized carbons (Fsp3) is 0.138. The molecule has 4 aromatic rings. The summed E-state index contributed by atoms with van der Waals surface area (Å²) in [6.07, 6.45) is 8.81. The molecule has 2 heterocycles. The van der Waals surface area contributed by atoms with E-state index in [-0.39, 0.29) is 5.78 Å². The minimum Gasteiger partial charge on any atom is -0.457 e. The van der Waals surface area contributed by atoms with Crippen LogP contribution >= 0.6 is 0 Å². The standard InChI is InChI=1S/C29H24N2O2/c1-19-5-3-6-22(15-19)28(32)17-23-16-24(10-9-20(23)2)33-29-18-27(21-11-13-30-14-12-21)31-26-8-4-7-25(26)29/h3-7,9-16,18H,8,17H2,1-2H3. The highest BCUT2D eigenvalue weighted by molar-refractivity contribution is 5.97. The lowest BCUT2D eigenvalue weighted by molar-refractivity contribution is 0.0992. The first kappa shape index (κ1) is 20.8. The van der Waals surface area contributed by atoms with Gasteiger partial charge in [0.15, 0.2) is 5.78 Å². The number of aryl methyl sites for hydroxylation is 2. The van der Waals surface area contributed by atoms with Crippen molar-refractivity contribution in [1.82, 2.24) is 9.97 Å². The molecule has 2 aromatic carbocycles. The molecule has 0 fully saturated rings. The Labute approximate surface area is 193 Å². The predicted molar refractivity (Wildman–Crippen MR) is 131 cm³/mol. The summed E-state index contributed by atoms with van der Waals surface area (Å²) in [4.78, 5) is 21.8. The number of ketones is 1. The van der Waals surface area contributed by atoms with E-state index in [1.807, 2.05) is 74.5 Å². The van der Waals surface area contributed by atoms with Gasteiger partial charge in [0, 0.05) is 48.0 Å². The molecule has 0 bridgehead atoms. The number of benzene rings is 2. The number of Topliss-reactive ketones (excluding diaryl/α,β-unsaturated/α-hetero) is 1. The molecule has 5 rings (SSSR count). The van der Waals surface area contributed by atoms with E-state index in [0.717, 1.165) is 56.9 Å². The molecular weight excluding hydrogens is 408 g/mol. The van der Waals surface area contributed by atoms with E-state index >= 15 is 0 Å².